The lowest BCUT2D eigenvalue weighted by molar-refractivity contribution is -0.157. The monoisotopic (exact) mass is 255 g/mol. The Balaban J connectivity index is 4.51. The number of hydrogen-bond acceptors (Lipinski definition) is 4. The van der Waals surface area contributed by atoms with E-state index in [1.54, 1.807) is 0 Å². The van der Waals surface area contributed by atoms with Gasteiger partial charge in [0.15, 0.2) is 5.78 Å². The molecule has 18 heavy (non-hydrogen) atoms. The fraction of sp³-hybridized carbons (Fsp3) is 0.714. The molecule has 0 saturated heterocycles. The molecule has 0 rings (SSSR count). The SMILES string of the molecule is C=CC(=O)CC[C@H](NC(C)C)C(=O)OC(C)(C)C. The number of rotatable bonds is 7. The first kappa shape index (κ1) is 16.8. The van der Waals surface area contributed by atoms with Crippen molar-refractivity contribution in [3.8, 4) is 0 Å². The van der Waals surface area contributed by atoms with Gasteiger partial charge in [-0.2, -0.15) is 0 Å². The first-order chi connectivity index (χ1) is 8.15. The first-order valence-corrected chi connectivity index (χ1v) is 6.30. The Bertz CT molecular complexity index is 303. The molecule has 0 radical (unpaired) electrons. The first-order valence-electron chi connectivity index (χ1n) is 6.30. The second-order valence-electron chi connectivity index (χ2n) is 5.62. The van der Waals surface area contributed by atoms with E-state index in [2.05, 4.69) is 11.9 Å². The van der Waals surface area contributed by atoms with E-state index in [0.717, 1.165) is 0 Å². The Labute approximate surface area is 110 Å². The molecule has 0 aromatic rings. The number of carbonyl (C=O) groups is 2. The van der Waals surface area contributed by atoms with Gasteiger partial charge in [0.05, 0.1) is 0 Å². The third-order valence-corrected chi connectivity index (χ3v) is 2.13. The van der Waals surface area contributed by atoms with Gasteiger partial charge in [0.2, 0.25) is 0 Å². The molecule has 0 aliphatic heterocycles. The van der Waals surface area contributed by atoms with Crippen molar-refractivity contribution in [1.29, 1.82) is 0 Å². The summed E-state index contributed by atoms with van der Waals surface area (Å²) in [6.07, 6.45) is 2.01. The maximum atomic E-state index is 12.0. The van der Waals surface area contributed by atoms with Gasteiger partial charge in [-0.15, -0.1) is 0 Å². The molecule has 0 amide bonds. The highest BCUT2D eigenvalue weighted by Crippen LogP contribution is 2.11. The maximum Gasteiger partial charge on any atom is 0.323 e. The number of esters is 1. The van der Waals surface area contributed by atoms with Crippen LogP contribution >= 0.6 is 0 Å². The van der Waals surface area contributed by atoms with Gasteiger partial charge in [0, 0.05) is 12.5 Å². The molecule has 0 aliphatic carbocycles. The van der Waals surface area contributed by atoms with E-state index in [9.17, 15) is 9.59 Å². The van der Waals surface area contributed by atoms with E-state index in [-0.39, 0.29) is 17.8 Å². The van der Waals surface area contributed by atoms with Crippen LogP contribution in [0.4, 0.5) is 0 Å². The average Bonchev–Trinajstić information content (AvgIpc) is 2.20. The molecule has 4 heteroatoms. The largest absolute Gasteiger partial charge is 0.459 e. The molecule has 0 bridgehead atoms. The summed E-state index contributed by atoms with van der Waals surface area (Å²) in [5.41, 5.74) is -0.517. The van der Waals surface area contributed by atoms with Crippen LogP contribution in [0.5, 0.6) is 0 Å². The molecule has 0 unspecified atom stereocenters. The predicted molar refractivity (Wildman–Crippen MR) is 72.3 cm³/mol. The highest BCUT2D eigenvalue weighted by atomic mass is 16.6. The van der Waals surface area contributed by atoms with E-state index >= 15 is 0 Å². The molecule has 0 saturated carbocycles. The topological polar surface area (TPSA) is 55.4 Å². The van der Waals surface area contributed by atoms with Gasteiger partial charge in [-0.1, -0.05) is 20.4 Å². The molecule has 1 atom stereocenters. The fourth-order valence-corrected chi connectivity index (χ4v) is 1.43. The molecule has 0 aliphatic rings. The van der Waals surface area contributed by atoms with Crippen LogP contribution in [-0.4, -0.2) is 29.4 Å². The van der Waals surface area contributed by atoms with Gasteiger partial charge < -0.3 is 10.1 Å². The summed E-state index contributed by atoms with van der Waals surface area (Å²) in [6.45, 7) is 12.8. The average molecular weight is 255 g/mol. The van der Waals surface area contributed by atoms with Crippen LogP contribution < -0.4 is 5.32 Å². The third-order valence-electron chi connectivity index (χ3n) is 2.13. The van der Waals surface area contributed by atoms with Crippen molar-refractivity contribution >= 4 is 11.8 Å². The zero-order chi connectivity index (χ0) is 14.3. The summed E-state index contributed by atoms with van der Waals surface area (Å²) in [7, 11) is 0. The second kappa shape index (κ2) is 7.31. The molecule has 0 heterocycles. The normalized spacial score (nSPS) is 13.2. The van der Waals surface area contributed by atoms with E-state index in [1.807, 2.05) is 34.6 Å². The summed E-state index contributed by atoms with van der Waals surface area (Å²) >= 11 is 0. The number of nitrogens with one attached hydrogen (secondary N) is 1. The molecule has 0 aromatic carbocycles. The number of ketones is 1. The number of carbonyl (C=O) groups excluding carboxylic acids is 2. The van der Waals surface area contributed by atoms with Crippen molar-refractivity contribution in [1.82, 2.24) is 5.32 Å². The molecular weight excluding hydrogens is 230 g/mol. The Morgan fingerprint density at radius 3 is 2.28 bits per heavy atom. The van der Waals surface area contributed by atoms with Crippen LogP contribution in [0.25, 0.3) is 0 Å². The predicted octanol–water partition coefficient (Wildman–Crippen LogP) is 2.23. The zero-order valence-electron chi connectivity index (χ0n) is 12.1. The lowest BCUT2D eigenvalue weighted by Gasteiger charge is -2.25. The highest BCUT2D eigenvalue weighted by molar-refractivity contribution is 5.89. The van der Waals surface area contributed by atoms with Crippen LogP contribution in [0.2, 0.25) is 0 Å². The van der Waals surface area contributed by atoms with Gasteiger partial charge in [-0.25, -0.2) is 0 Å². The molecule has 104 valence electrons. The number of allylic oxidation sites excluding steroid dienone is 1. The summed E-state index contributed by atoms with van der Waals surface area (Å²) in [6, 6.07) is -0.297. The molecular formula is C14H25NO3. The van der Waals surface area contributed by atoms with Crippen molar-refractivity contribution in [2.45, 2.75) is 65.1 Å². The molecule has 1 N–H and O–H groups in total. The Hall–Kier alpha value is -1.16. The Morgan fingerprint density at radius 2 is 1.89 bits per heavy atom. The zero-order valence-corrected chi connectivity index (χ0v) is 12.1. The minimum Gasteiger partial charge on any atom is -0.459 e. The molecule has 0 aromatic heterocycles. The Kier molecular flexibility index (Phi) is 6.84. The van der Waals surface area contributed by atoms with Crippen molar-refractivity contribution in [3.63, 3.8) is 0 Å². The van der Waals surface area contributed by atoms with Crippen molar-refractivity contribution in [2.75, 3.05) is 0 Å². The lowest BCUT2D eigenvalue weighted by Crippen LogP contribution is -2.44. The van der Waals surface area contributed by atoms with Gasteiger partial charge >= 0.3 is 5.97 Å². The van der Waals surface area contributed by atoms with E-state index < -0.39 is 11.6 Å². The van der Waals surface area contributed by atoms with Crippen LogP contribution in [0.15, 0.2) is 12.7 Å². The smallest absolute Gasteiger partial charge is 0.323 e. The molecule has 4 nitrogen and oxygen atoms in total. The minimum atomic E-state index is -0.517. The van der Waals surface area contributed by atoms with Gasteiger partial charge in [0.25, 0.3) is 0 Å². The summed E-state index contributed by atoms with van der Waals surface area (Å²) in [5, 5.41) is 3.12. The van der Waals surface area contributed by atoms with Crippen molar-refractivity contribution in [2.24, 2.45) is 0 Å². The summed E-state index contributed by atoms with van der Waals surface area (Å²) in [4.78, 5) is 23.2. The van der Waals surface area contributed by atoms with Crippen LogP contribution in [0, 0.1) is 0 Å². The van der Waals surface area contributed by atoms with Gasteiger partial charge in [-0.3, -0.25) is 9.59 Å². The quantitative estimate of drug-likeness (QED) is 0.560. The maximum absolute atomic E-state index is 12.0. The van der Waals surface area contributed by atoms with Crippen LogP contribution in [0.3, 0.4) is 0 Å². The fourth-order valence-electron chi connectivity index (χ4n) is 1.43. The summed E-state index contributed by atoms with van der Waals surface area (Å²) < 4.78 is 5.33. The summed E-state index contributed by atoms with van der Waals surface area (Å²) in [5.74, 6) is -0.373. The number of ether oxygens (including phenoxy) is 1. The van der Waals surface area contributed by atoms with Gasteiger partial charge in [0.1, 0.15) is 11.6 Å². The van der Waals surface area contributed by atoms with Crippen LogP contribution in [-0.2, 0) is 14.3 Å². The number of hydrogen-bond donors (Lipinski definition) is 1. The van der Waals surface area contributed by atoms with E-state index in [1.165, 1.54) is 6.08 Å². The standard InChI is InChI=1S/C14H25NO3/c1-7-11(16)8-9-12(15-10(2)3)13(17)18-14(4,5)6/h7,10,12,15H,1,8-9H2,2-6H3/t12-/m0/s1. The Morgan fingerprint density at radius 1 is 1.33 bits per heavy atom. The van der Waals surface area contributed by atoms with Crippen molar-refractivity contribution in [3.05, 3.63) is 12.7 Å². The minimum absolute atomic E-state index is 0.0610. The second-order valence-corrected chi connectivity index (χ2v) is 5.62. The molecule has 0 fully saturated rings. The lowest BCUT2D eigenvalue weighted by atomic mass is 10.1. The highest BCUT2D eigenvalue weighted by Gasteiger charge is 2.25. The van der Waals surface area contributed by atoms with Crippen molar-refractivity contribution < 1.29 is 14.3 Å². The third kappa shape index (κ3) is 8.01. The van der Waals surface area contributed by atoms with E-state index in [0.29, 0.717) is 12.8 Å². The van der Waals surface area contributed by atoms with Gasteiger partial charge in [-0.05, 0) is 33.3 Å². The van der Waals surface area contributed by atoms with Crippen LogP contribution in [0.1, 0.15) is 47.5 Å². The molecule has 0 spiro atoms. The van der Waals surface area contributed by atoms with E-state index in [4.69, 9.17) is 4.74 Å².